The van der Waals surface area contributed by atoms with Gasteiger partial charge in [-0.25, -0.2) is 4.79 Å². The summed E-state index contributed by atoms with van der Waals surface area (Å²) in [5, 5.41) is 4.78. The molecule has 0 saturated heterocycles. The molecular weight excluding hydrogens is 348 g/mol. The predicted molar refractivity (Wildman–Crippen MR) is 107 cm³/mol. The van der Waals surface area contributed by atoms with E-state index < -0.39 is 17.7 Å². The Kier molecular flexibility index (Phi) is 9.70. The summed E-state index contributed by atoms with van der Waals surface area (Å²) in [6.07, 6.45) is 3.45. The second kappa shape index (κ2) is 11.2. The van der Waals surface area contributed by atoms with Crippen molar-refractivity contribution in [3.8, 4) is 0 Å². The average Bonchev–Trinajstić information content (AvgIpc) is 3.06. The summed E-state index contributed by atoms with van der Waals surface area (Å²) >= 11 is 1.64. The summed E-state index contributed by atoms with van der Waals surface area (Å²) in [6, 6.07) is 3.44. The minimum atomic E-state index is -0.594. The van der Waals surface area contributed by atoms with Crippen LogP contribution in [-0.4, -0.2) is 35.1 Å². The van der Waals surface area contributed by atoms with Crippen molar-refractivity contribution in [3.63, 3.8) is 0 Å². The Morgan fingerprint density at radius 2 is 2.08 bits per heavy atom. The molecule has 1 rings (SSSR count). The molecule has 0 aliphatic heterocycles. The molecule has 0 spiro atoms. The molecule has 1 radical (unpaired) electrons. The second-order valence-electron chi connectivity index (χ2n) is 7.39. The first-order valence-corrected chi connectivity index (χ1v) is 10.2. The Hall–Kier alpha value is -1.56. The monoisotopic (exact) mass is 381 g/mol. The van der Waals surface area contributed by atoms with Gasteiger partial charge in [0.05, 0.1) is 6.54 Å². The van der Waals surface area contributed by atoms with E-state index in [1.54, 1.807) is 11.3 Å². The molecule has 0 aromatic carbocycles. The number of amides is 2. The van der Waals surface area contributed by atoms with Crippen LogP contribution in [0.4, 0.5) is 4.79 Å². The molecule has 0 aliphatic rings. The van der Waals surface area contributed by atoms with Gasteiger partial charge in [-0.05, 0) is 45.1 Å². The first-order valence-electron chi connectivity index (χ1n) is 9.36. The van der Waals surface area contributed by atoms with E-state index in [1.807, 2.05) is 43.2 Å². The standard InChI is InChI=1S/C20H33N2O3S/c1-6-8-12-17(21-19(24)25-20(3,4)5)18(23)22(13-9-7-2)15-16-11-10-14-26-16/h10-11,14,17H,1,6-9,12-13,15H2,2-5H3,(H,21,24)/t17-/m0/s1. The maximum Gasteiger partial charge on any atom is 0.408 e. The Balaban J connectivity index is 2.84. The quantitative estimate of drug-likeness (QED) is 0.635. The number of hydrogen-bond donors (Lipinski definition) is 1. The lowest BCUT2D eigenvalue weighted by atomic mass is 10.1. The molecule has 26 heavy (non-hydrogen) atoms. The molecule has 5 nitrogen and oxygen atoms in total. The third-order valence-electron chi connectivity index (χ3n) is 3.75. The summed E-state index contributed by atoms with van der Waals surface area (Å²) < 4.78 is 5.33. The Bertz CT molecular complexity index is 538. The van der Waals surface area contributed by atoms with Crippen molar-refractivity contribution in [3.05, 3.63) is 29.3 Å². The molecule has 0 aliphatic carbocycles. The van der Waals surface area contributed by atoms with Gasteiger partial charge in [0.1, 0.15) is 11.6 Å². The highest BCUT2D eigenvalue weighted by Gasteiger charge is 2.27. The highest BCUT2D eigenvalue weighted by atomic mass is 32.1. The van der Waals surface area contributed by atoms with Crippen molar-refractivity contribution in [1.29, 1.82) is 0 Å². The predicted octanol–water partition coefficient (Wildman–Crippen LogP) is 4.77. The molecule has 147 valence electrons. The lowest BCUT2D eigenvalue weighted by Crippen LogP contribution is -2.49. The van der Waals surface area contributed by atoms with E-state index in [0.717, 1.165) is 30.6 Å². The number of carbonyl (C=O) groups is 2. The van der Waals surface area contributed by atoms with Crippen molar-refractivity contribution in [2.24, 2.45) is 0 Å². The van der Waals surface area contributed by atoms with Crippen molar-refractivity contribution in [1.82, 2.24) is 10.2 Å². The minimum Gasteiger partial charge on any atom is -0.444 e. The number of ether oxygens (including phenoxy) is 1. The van der Waals surface area contributed by atoms with E-state index in [4.69, 9.17) is 4.74 Å². The lowest BCUT2D eigenvalue weighted by Gasteiger charge is -2.28. The lowest BCUT2D eigenvalue weighted by molar-refractivity contribution is -0.134. The highest BCUT2D eigenvalue weighted by molar-refractivity contribution is 7.09. The number of nitrogens with one attached hydrogen (secondary N) is 1. The largest absolute Gasteiger partial charge is 0.444 e. The van der Waals surface area contributed by atoms with Crippen LogP contribution in [0.5, 0.6) is 0 Å². The first kappa shape index (κ1) is 22.5. The van der Waals surface area contributed by atoms with Crippen LogP contribution in [0.1, 0.15) is 64.7 Å². The van der Waals surface area contributed by atoms with E-state index in [0.29, 0.717) is 19.5 Å². The van der Waals surface area contributed by atoms with E-state index in [9.17, 15) is 9.59 Å². The number of alkyl carbamates (subject to hydrolysis) is 1. The maximum atomic E-state index is 13.1. The SMILES string of the molecule is [CH2]CCC[C@H](NC(=O)OC(C)(C)C)C(=O)N(CCCC)Cc1cccs1. The Morgan fingerprint density at radius 1 is 1.35 bits per heavy atom. The van der Waals surface area contributed by atoms with E-state index >= 15 is 0 Å². The van der Waals surface area contributed by atoms with Crippen molar-refractivity contribution < 1.29 is 14.3 Å². The van der Waals surface area contributed by atoms with Gasteiger partial charge in [-0.15, -0.1) is 11.3 Å². The molecule has 0 unspecified atom stereocenters. The zero-order valence-corrected chi connectivity index (χ0v) is 17.4. The van der Waals surface area contributed by atoms with Crippen LogP contribution in [-0.2, 0) is 16.1 Å². The maximum absolute atomic E-state index is 13.1. The van der Waals surface area contributed by atoms with Gasteiger partial charge in [0.2, 0.25) is 5.91 Å². The van der Waals surface area contributed by atoms with Gasteiger partial charge in [-0.1, -0.05) is 39.2 Å². The molecule has 1 heterocycles. The fraction of sp³-hybridized carbons (Fsp3) is 0.650. The van der Waals surface area contributed by atoms with Crippen molar-refractivity contribution >= 4 is 23.3 Å². The van der Waals surface area contributed by atoms with Gasteiger partial charge in [-0.2, -0.15) is 0 Å². The number of unbranched alkanes of at least 4 members (excludes halogenated alkanes) is 2. The number of rotatable bonds is 10. The van der Waals surface area contributed by atoms with Crippen molar-refractivity contribution in [2.45, 2.75) is 78.0 Å². The van der Waals surface area contributed by atoms with Crippen LogP contribution in [0.3, 0.4) is 0 Å². The van der Waals surface area contributed by atoms with E-state index in [-0.39, 0.29) is 5.91 Å². The topological polar surface area (TPSA) is 58.6 Å². The number of carbonyl (C=O) groups excluding carboxylic acids is 2. The normalized spacial score (nSPS) is 12.5. The molecule has 6 heteroatoms. The van der Waals surface area contributed by atoms with Gasteiger partial charge in [-0.3, -0.25) is 4.79 Å². The van der Waals surface area contributed by atoms with Gasteiger partial charge >= 0.3 is 6.09 Å². The van der Waals surface area contributed by atoms with Crippen molar-refractivity contribution in [2.75, 3.05) is 6.54 Å². The fourth-order valence-corrected chi connectivity index (χ4v) is 3.20. The minimum absolute atomic E-state index is 0.0499. The van der Waals surface area contributed by atoms with Crippen LogP contribution in [0.2, 0.25) is 0 Å². The third kappa shape index (κ3) is 8.70. The molecule has 1 N–H and O–H groups in total. The average molecular weight is 382 g/mol. The number of nitrogens with zero attached hydrogens (tertiary/aromatic N) is 1. The fourth-order valence-electron chi connectivity index (χ4n) is 2.48. The molecule has 1 aromatic rings. The summed E-state index contributed by atoms with van der Waals surface area (Å²) in [5.74, 6) is -0.0499. The van der Waals surface area contributed by atoms with Gasteiger partial charge in [0, 0.05) is 11.4 Å². The molecule has 0 saturated carbocycles. The zero-order valence-electron chi connectivity index (χ0n) is 16.5. The molecule has 1 atom stereocenters. The summed E-state index contributed by atoms with van der Waals surface area (Å²) in [5.41, 5.74) is -0.594. The third-order valence-corrected chi connectivity index (χ3v) is 4.61. The number of thiophene rings is 1. The summed E-state index contributed by atoms with van der Waals surface area (Å²) in [6.45, 7) is 12.6. The van der Waals surface area contributed by atoms with Crippen LogP contribution < -0.4 is 5.32 Å². The smallest absolute Gasteiger partial charge is 0.408 e. The second-order valence-corrected chi connectivity index (χ2v) is 8.42. The van der Waals surface area contributed by atoms with Gasteiger partial charge in [0.25, 0.3) is 0 Å². The first-order chi connectivity index (χ1) is 12.3. The summed E-state index contributed by atoms with van der Waals surface area (Å²) in [4.78, 5) is 28.3. The van der Waals surface area contributed by atoms with E-state index in [1.165, 1.54) is 0 Å². The van der Waals surface area contributed by atoms with Crippen LogP contribution >= 0.6 is 11.3 Å². The van der Waals surface area contributed by atoms with Crippen LogP contribution in [0, 0.1) is 6.92 Å². The summed E-state index contributed by atoms with van der Waals surface area (Å²) in [7, 11) is 0. The Morgan fingerprint density at radius 3 is 2.62 bits per heavy atom. The number of hydrogen-bond acceptors (Lipinski definition) is 4. The van der Waals surface area contributed by atoms with Gasteiger partial charge in [0.15, 0.2) is 0 Å². The molecule has 2 amide bonds. The van der Waals surface area contributed by atoms with Gasteiger partial charge < -0.3 is 15.0 Å². The molecule has 0 fully saturated rings. The highest BCUT2D eigenvalue weighted by Crippen LogP contribution is 2.16. The molecular formula is C20H33N2O3S. The van der Waals surface area contributed by atoms with E-state index in [2.05, 4.69) is 19.2 Å². The molecule has 1 aromatic heterocycles. The molecule has 0 bridgehead atoms. The Labute approximate surface area is 162 Å². The van der Waals surface area contributed by atoms with Crippen LogP contribution in [0.15, 0.2) is 17.5 Å². The van der Waals surface area contributed by atoms with Crippen LogP contribution in [0.25, 0.3) is 0 Å². The zero-order chi connectivity index (χ0) is 19.6.